The fraction of sp³-hybridized carbons (Fsp3) is 0.500. The number of alkyl halides is 1. The van der Waals surface area contributed by atoms with E-state index in [1.54, 1.807) is 20.8 Å². The monoisotopic (exact) mass is 347 g/mol. The summed E-state index contributed by atoms with van der Waals surface area (Å²) >= 11 is 5.65. The molecule has 5 nitrogen and oxygen atoms in total. The number of nitrogens with one attached hydrogen (secondary N) is 1. The number of halogens is 2. The van der Waals surface area contributed by atoms with Gasteiger partial charge in [0.2, 0.25) is 0 Å². The number of ether oxygens (including phenoxy) is 1. The number of carboxylic acids is 1. The molecule has 0 saturated carbocycles. The summed E-state index contributed by atoms with van der Waals surface area (Å²) in [4.78, 5) is 23.0. The highest BCUT2D eigenvalue weighted by molar-refractivity contribution is 6.17. The first kappa shape index (κ1) is 21.2. The van der Waals surface area contributed by atoms with E-state index < -0.39 is 29.5 Å². The van der Waals surface area contributed by atoms with Gasteiger partial charge in [-0.05, 0) is 38.5 Å². The normalized spacial score (nSPS) is 11.8. The molecule has 23 heavy (non-hydrogen) atoms. The maximum absolute atomic E-state index is 13.8. The van der Waals surface area contributed by atoms with Crippen molar-refractivity contribution in [1.29, 1.82) is 0 Å². The minimum Gasteiger partial charge on any atom is -0.479 e. The van der Waals surface area contributed by atoms with Crippen molar-refractivity contribution in [3.63, 3.8) is 0 Å². The molecule has 1 rings (SSSR count). The number of carboxylic acid groups (broad SMARTS) is 1. The Balaban J connectivity index is 0.00000232. The molecule has 1 unspecified atom stereocenters. The van der Waals surface area contributed by atoms with Crippen LogP contribution >= 0.6 is 11.6 Å². The van der Waals surface area contributed by atoms with Gasteiger partial charge in [-0.15, -0.1) is 11.6 Å². The van der Waals surface area contributed by atoms with Crippen LogP contribution in [0.3, 0.4) is 0 Å². The van der Waals surface area contributed by atoms with Gasteiger partial charge in [0.05, 0.1) is 0 Å². The predicted octanol–water partition coefficient (Wildman–Crippen LogP) is 4.24. The minimum absolute atomic E-state index is 0.103. The fourth-order valence-electron chi connectivity index (χ4n) is 1.60. The van der Waals surface area contributed by atoms with Gasteiger partial charge in [-0.3, -0.25) is 0 Å². The fourth-order valence-corrected chi connectivity index (χ4v) is 1.76. The largest absolute Gasteiger partial charge is 0.479 e. The number of alkyl carbamates (subject to hydrolysis) is 1. The van der Waals surface area contributed by atoms with Gasteiger partial charge in [-0.25, -0.2) is 14.0 Å². The first-order valence-electron chi connectivity index (χ1n) is 7.20. The van der Waals surface area contributed by atoms with E-state index in [9.17, 15) is 19.1 Å². The molecule has 1 atom stereocenters. The van der Waals surface area contributed by atoms with Crippen molar-refractivity contribution in [1.82, 2.24) is 5.32 Å². The van der Waals surface area contributed by atoms with Gasteiger partial charge in [-0.1, -0.05) is 19.9 Å². The number of aliphatic carboxylic acids is 1. The lowest BCUT2D eigenvalue weighted by Crippen LogP contribution is -2.38. The first-order chi connectivity index (χ1) is 10.6. The molecule has 0 fully saturated rings. The van der Waals surface area contributed by atoms with Crippen molar-refractivity contribution >= 4 is 23.7 Å². The van der Waals surface area contributed by atoms with Crippen molar-refractivity contribution in [2.75, 3.05) is 0 Å². The highest BCUT2D eigenvalue weighted by Crippen LogP contribution is 2.21. The number of carbonyl (C=O) groups is 2. The lowest BCUT2D eigenvalue weighted by Gasteiger charge is -2.22. The maximum atomic E-state index is 13.8. The van der Waals surface area contributed by atoms with Crippen LogP contribution in [-0.4, -0.2) is 22.8 Å². The summed E-state index contributed by atoms with van der Waals surface area (Å²) in [6, 6.07) is 2.30. The van der Waals surface area contributed by atoms with Crippen molar-refractivity contribution < 1.29 is 23.8 Å². The summed E-state index contributed by atoms with van der Waals surface area (Å²) in [5.74, 6) is -2.04. The second-order valence-corrected chi connectivity index (χ2v) is 5.67. The Morgan fingerprint density at radius 2 is 1.91 bits per heavy atom. The third-order valence-corrected chi connectivity index (χ3v) is 2.74. The van der Waals surface area contributed by atoms with E-state index in [-0.39, 0.29) is 11.4 Å². The second kappa shape index (κ2) is 9.35. The Bertz CT molecular complexity index is 543. The topological polar surface area (TPSA) is 75.6 Å². The van der Waals surface area contributed by atoms with Crippen LogP contribution in [0.25, 0.3) is 0 Å². The van der Waals surface area contributed by atoms with Crippen LogP contribution in [0.4, 0.5) is 9.18 Å². The molecule has 0 spiro atoms. The standard InChI is InChI=1S/C14H17ClFNO4.C2H6/c1-14(2,3)21-13(20)17-11(12(18)19)9-6-8(7-15)4-5-10(9)16;1-2/h4-6,11H,7H2,1-3H3,(H,17,20)(H,18,19);1-2H3. The van der Waals surface area contributed by atoms with Crippen molar-refractivity contribution in [3.05, 3.63) is 35.1 Å². The lowest BCUT2D eigenvalue weighted by atomic mass is 10.0. The van der Waals surface area contributed by atoms with Crippen molar-refractivity contribution in [2.24, 2.45) is 0 Å². The van der Waals surface area contributed by atoms with Gasteiger partial charge in [0.25, 0.3) is 0 Å². The third kappa shape index (κ3) is 7.32. The average Bonchev–Trinajstić information content (AvgIpc) is 2.45. The van der Waals surface area contributed by atoms with Crippen LogP contribution in [0.1, 0.15) is 51.8 Å². The van der Waals surface area contributed by atoms with Crippen LogP contribution < -0.4 is 5.32 Å². The summed E-state index contributed by atoms with van der Waals surface area (Å²) in [5, 5.41) is 11.3. The van der Waals surface area contributed by atoms with Crippen LogP contribution in [-0.2, 0) is 15.4 Å². The van der Waals surface area contributed by atoms with Crippen LogP contribution in [0.2, 0.25) is 0 Å². The highest BCUT2D eigenvalue weighted by Gasteiger charge is 2.27. The Morgan fingerprint density at radius 3 is 2.35 bits per heavy atom. The second-order valence-electron chi connectivity index (χ2n) is 5.41. The number of hydrogen-bond acceptors (Lipinski definition) is 3. The molecule has 1 aromatic rings. The number of carbonyl (C=O) groups excluding carboxylic acids is 1. The van der Waals surface area contributed by atoms with E-state index in [1.165, 1.54) is 12.1 Å². The molecule has 0 aliphatic heterocycles. The first-order valence-corrected chi connectivity index (χ1v) is 7.74. The Kier molecular flexibility index (Phi) is 8.61. The molecule has 1 aromatic carbocycles. The van der Waals surface area contributed by atoms with E-state index >= 15 is 0 Å². The quantitative estimate of drug-likeness (QED) is 0.799. The molecule has 0 aromatic heterocycles. The van der Waals surface area contributed by atoms with E-state index in [1.807, 2.05) is 13.8 Å². The molecule has 7 heteroatoms. The van der Waals surface area contributed by atoms with Gasteiger partial charge in [0.15, 0.2) is 6.04 Å². The third-order valence-electron chi connectivity index (χ3n) is 2.43. The minimum atomic E-state index is -1.55. The molecule has 0 bridgehead atoms. The molecular weight excluding hydrogens is 325 g/mol. The smallest absolute Gasteiger partial charge is 0.408 e. The highest BCUT2D eigenvalue weighted by atomic mass is 35.5. The molecule has 1 amide bonds. The molecule has 0 saturated heterocycles. The maximum Gasteiger partial charge on any atom is 0.408 e. The van der Waals surface area contributed by atoms with Gasteiger partial charge in [0, 0.05) is 11.4 Å². The van der Waals surface area contributed by atoms with Crippen molar-refractivity contribution in [2.45, 2.75) is 52.1 Å². The SMILES string of the molecule is CC.CC(C)(C)OC(=O)NC(C(=O)O)c1cc(CCl)ccc1F. The summed E-state index contributed by atoms with van der Waals surface area (Å²) in [7, 11) is 0. The van der Waals surface area contributed by atoms with E-state index in [2.05, 4.69) is 5.32 Å². The summed E-state index contributed by atoms with van der Waals surface area (Å²) in [5.41, 5.74) is -0.416. The molecule has 0 aliphatic carbocycles. The zero-order valence-electron chi connectivity index (χ0n) is 13.9. The molecular formula is C16H23ClFNO4. The van der Waals surface area contributed by atoms with Gasteiger partial charge in [0.1, 0.15) is 11.4 Å². The molecule has 0 aliphatic rings. The van der Waals surface area contributed by atoms with E-state index in [0.717, 1.165) is 6.07 Å². The van der Waals surface area contributed by atoms with Gasteiger partial charge in [-0.2, -0.15) is 0 Å². The number of rotatable bonds is 4. The summed E-state index contributed by atoms with van der Waals surface area (Å²) < 4.78 is 18.8. The van der Waals surface area contributed by atoms with E-state index in [4.69, 9.17) is 16.3 Å². The molecule has 0 heterocycles. The van der Waals surface area contributed by atoms with Gasteiger partial charge < -0.3 is 15.2 Å². The Hall–Kier alpha value is -1.82. The lowest BCUT2D eigenvalue weighted by molar-refractivity contribution is -0.139. The zero-order valence-corrected chi connectivity index (χ0v) is 14.7. The number of benzene rings is 1. The zero-order chi connectivity index (χ0) is 18.2. The molecule has 130 valence electrons. The predicted molar refractivity (Wildman–Crippen MR) is 87.1 cm³/mol. The van der Waals surface area contributed by atoms with Crippen molar-refractivity contribution in [3.8, 4) is 0 Å². The average molecular weight is 348 g/mol. The Labute approximate surface area is 140 Å². The molecule has 0 radical (unpaired) electrons. The number of amides is 1. The van der Waals surface area contributed by atoms with E-state index in [0.29, 0.717) is 5.56 Å². The van der Waals surface area contributed by atoms with Crippen LogP contribution in [0, 0.1) is 5.82 Å². The summed E-state index contributed by atoms with van der Waals surface area (Å²) in [6.45, 7) is 8.91. The van der Waals surface area contributed by atoms with Gasteiger partial charge >= 0.3 is 12.1 Å². The summed E-state index contributed by atoms with van der Waals surface area (Å²) in [6.07, 6.45) is -0.939. The Morgan fingerprint density at radius 1 is 1.35 bits per heavy atom. The number of hydrogen-bond donors (Lipinski definition) is 2. The molecule has 2 N–H and O–H groups in total. The van der Waals surface area contributed by atoms with Crippen LogP contribution in [0.5, 0.6) is 0 Å². The van der Waals surface area contributed by atoms with Crippen LogP contribution in [0.15, 0.2) is 18.2 Å².